The normalized spacial score (nSPS) is 20.0. The summed E-state index contributed by atoms with van der Waals surface area (Å²) < 4.78 is 0. The summed E-state index contributed by atoms with van der Waals surface area (Å²) in [5, 5.41) is 3.52. The zero-order valence-corrected chi connectivity index (χ0v) is 19.0. The molecule has 1 aliphatic carbocycles. The van der Waals surface area contributed by atoms with Crippen LogP contribution in [-0.4, -0.2) is 31.1 Å². The highest BCUT2D eigenvalue weighted by Crippen LogP contribution is 2.41. The Morgan fingerprint density at radius 1 is 0.897 bits per heavy atom. The van der Waals surface area contributed by atoms with E-state index < -0.39 is 0 Å². The number of hydrogen-bond donors (Lipinski definition) is 1. The van der Waals surface area contributed by atoms with Crippen LogP contribution >= 0.6 is 24.8 Å². The fraction of sp³-hybridized carbons (Fsp3) is 0.440. The summed E-state index contributed by atoms with van der Waals surface area (Å²) in [7, 11) is 0. The lowest BCUT2D eigenvalue weighted by atomic mass is 9.80. The second-order valence-corrected chi connectivity index (χ2v) is 8.20. The van der Waals surface area contributed by atoms with Crippen molar-refractivity contribution in [3.63, 3.8) is 0 Å². The Labute approximate surface area is 188 Å². The summed E-state index contributed by atoms with van der Waals surface area (Å²) in [5.41, 5.74) is 4.29. The maximum Gasteiger partial charge on any atom is 0.0623 e. The smallest absolute Gasteiger partial charge is 0.0623 e. The minimum atomic E-state index is -0.0723. The monoisotopic (exact) mass is 432 g/mol. The Bertz CT molecular complexity index is 765. The van der Waals surface area contributed by atoms with Gasteiger partial charge in [-0.15, -0.1) is 24.8 Å². The van der Waals surface area contributed by atoms with E-state index in [1.54, 1.807) is 5.56 Å². The standard InChI is InChI=1S/C25H32N2.2ClH/c1-25(27-19-17-26-18-20-27,16-15-21-9-3-2-4-10-21)24-14-8-7-13-23(24)22-11-5-6-12-22;;/h2-4,7-10,13-16,22,26H,5-6,11-12,17-20H2,1H3;2*1H. The van der Waals surface area contributed by atoms with E-state index in [-0.39, 0.29) is 30.4 Å². The lowest BCUT2D eigenvalue weighted by Gasteiger charge is -2.43. The SMILES string of the molecule is CC(C=Cc1ccccc1)(c1ccccc1C1CCCC1)N1CCNCC1.Cl.Cl. The van der Waals surface area contributed by atoms with Crippen LogP contribution in [0.2, 0.25) is 0 Å². The molecule has 0 amide bonds. The van der Waals surface area contributed by atoms with Crippen LogP contribution < -0.4 is 5.32 Å². The van der Waals surface area contributed by atoms with Crippen molar-refractivity contribution in [1.82, 2.24) is 10.2 Å². The van der Waals surface area contributed by atoms with Crippen LogP contribution in [0.3, 0.4) is 0 Å². The fourth-order valence-electron chi connectivity index (χ4n) is 4.87. The molecule has 2 aliphatic rings. The summed E-state index contributed by atoms with van der Waals surface area (Å²) >= 11 is 0. The van der Waals surface area contributed by atoms with Gasteiger partial charge in [0.25, 0.3) is 0 Å². The highest BCUT2D eigenvalue weighted by molar-refractivity contribution is 5.85. The summed E-state index contributed by atoms with van der Waals surface area (Å²) in [6, 6.07) is 19.9. The number of rotatable bonds is 5. The van der Waals surface area contributed by atoms with Crippen molar-refractivity contribution in [2.45, 2.75) is 44.1 Å². The predicted octanol–water partition coefficient (Wildman–Crippen LogP) is 6.02. The Morgan fingerprint density at radius 2 is 1.52 bits per heavy atom. The Kier molecular flexibility index (Phi) is 9.23. The molecule has 2 aromatic rings. The lowest BCUT2D eigenvalue weighted by Crippen LogP contribution is -2.52. The second kappa shape index (κ2) is 11.2. The molecule has 1 saturated heterocycles. The quantitative estimate of drug-likeness (QED) is 0.620. The molecule has 1 aliphatic heterocycles. The molecule has 158 valence electrons. The summed E-state index contributed by atoms with van der Waals surface area (Å²) in [6.45, 7) is 6.75. The van der Waals surface area contributed by atoms with Gasteiger partial charge in [0.2, 0.25) is 0 Å². The third-order valence-electron chi connectivity index (χ3n) is 6.47. The van der Waals surface area contributed by atoms with Crippen molar-refractivity contribution in [2.75, 3.05) is 26.2 Å². The highest BCUT2D eigenvalue weighted by atomic mass is 35.5. The van der Waals surface area contributed by atoms with Gasteiger partial charge in [-0.2, -0.15) is 0 Å². The van der Waals surface area contributed by atoms with E-state index in [1.807, 2.05) is 0 Å². The summed E-state index contributed by atoms with van der Waals surface area (Å²) in [4.78, 5) is 2.66. The first kappa shape index (κ1) is 24.0. The number of hydrogen-bond acceptors (Lipinski definition) is 2. The van der Waals surface area contributed by atoms with Crippen LogP contribution in [0, 0.1) is 0 Å². The van der Waals surface area contributed by atoms with Crippen LogP contribution in [0.4, 0.5) is 0 Å². The number of nitrogens with one attached hydrogen (secondary N) is 1. The molecule has 0 aromatic heterocycles. The molecule has 0 bridgehead atoms. The molecule has 1 saturated carbocycles. The highest BCUT2D eigenvalue weighted by Gasteiger charge is 2.35. The zero-order chi connectivity index (χ0) is 18.5. The van der Waals surface area contributed by atoms with E-state index in [0.717, 1.165) is 32.1 Å². The maximum absolute atomic E-state index is 3.52. The molecule has 1 N–H and O–H groups in total. The van der Waals surface area contributed by atoms with Gasteiger partial charge in [0, 0.05) is 26.2 Å². The molecule has 4 rings (SSSR count). The molecule has 4 heteroatoms. The molecule has 2 nitrogen and oxygen atoms in total. The fourth-order valence-corrected chi connectivity index (χ4v) is 4.87. The van der Waals surface area contributed by atoms with Crippen LogP contribution in [0.15, 0.2) is 60.7 Å². The Balaban J connectivity index is 0.00000150. The number of piperazine rings is 1. The van der Waals surface area contributed by atoms with Crippen LogP contribution in [0.25, 0.3) is 6.08 Å². The van der Waals surface area contributed by atoms with E-state index in [4.69, 9.17) is 0 Å². The average Bonchev–Trinajstić information content (AvgIpc) is 3.28. The maximum atomic E-state index is 3.52. The molecular weight excluding hydrogens is 399 g/mol. The number of benzene rings is 2. The van der Waals surface area contributed by atoms with Gasteiger partial charge in [-0.1, -0.05) is 79.6 Å². The van der Waals surface area contributed by atoms with Crippen molar-refractivity contribution >= 4 is 30.9 Å². The molecule has 1 heterocycles. The topological polar surface area (TPSA) is 15.3 Å². The molecule has 0 spiro atoms. The molecule has 2 fully saturated rings. The van der Waals surface area contributed by atoms with Crippen molar-refractivity contribution in [3.05, 3.63) is 77.4 Å². The van der Waals surface area contributed by atoms with Gasteiger partial charge in [-0.05, 0) is 42.4 Å². The first-order valence-corrected chi connectivity index (χ1v) is 10.6. The first-order valence-electron chi connectivity index (χ1n) is 10.6. The Morgan fingerprint density at radius 3 is 2.21 bits per heavy atom. The van der Waals surface area contributed by atoms with E-state index >= 15 is 0 Å². The molecule has 1 unspecified atom stereocenters. The number of nitrogens with zero attached hydrogens (tertiary/aromatic N) is 1. The van der Waals surface area contributed by atoms with Gasteiger partial charge >= 0.3 is 0 Å². The average molecular weight is 433 g/mol. The van der Waals surface area contributed by atoms with Gasteiger partial charge in [0.15, 0.2) is 0 Å². The van der Waals surface area contributed by atoms with Crippen LogP contribution in [0.5, 0.6) is 0 Å². The third kappa shape index (κ3) is 5.44. The molecular formula is C25H34Cl2N2. The van der Waals surface area contributed by atoms with Crippen molar-refractivity contribution < 1.29 is 0 Å². The lowest BCUT2D eigenvalue weighted by molar-refractivity contribution is 0.126. The van der Waals surface area contributed by atoms with E-state index in [1.165, 1.54) is 36.8 Å². The van der Waals surface area contributed by atoms with Gasteiger partial charge in [-0.3, -0.25) is 4.90 Å². The van der Waals surface area contributed by atoms with E-state index in [0.29, 0.717) is 0 Å². The molecule has 29 heavy (non-hydrogen) atoms. The van der Waals surface area contributed by atoms with Crippen molar-refractivity contribution in [3.8, 4) is 0 Å². The Hall–Kier alpha value is -1.32. The van der Waals surface area contributed by atoms with Crippen LogP contribution in [0.1, 0.15) is 55.2 Å². The van der Waals surface area contributed by atoms with E-state index in [9.17, 15) is 0 Å². The zero-order valence-electron chi connectivity index (χ0n) is 17.3. The minimum Gasteiger partial charge on any atom is -0.314 e. The first-order chi connectivity index (χ1) is 13.3. The summed E-state index contributed by atoms with van der Waals surface area (Å²) in [5.74, 6) is 0.730. The van der Waals surface area contributed by atoms with E-state index in [2.05, 4.69) is 83.9 Å². The van der Waals surface area contributed by atoms with Gasteiger partial charge in [0.1, 0.15) is 0 Å². The third-order valence-corrected chi connectivity index (χ3v) is 6.47. The molecule has 2 aromatic carbocycles. The minimum absolute atomic E-state index is 0. The second-order valence-electron chi connectivity index (χ2n) is 8.20. The van der Waals surface area contributed by atoms with Gasteiger partial charge in [0.05, 0.1) is 5.54 Å². The molecule has 0 radical (unpaired) electrons. The van der Waals surface area contributed by atoms with Gasteiger partial charge < -0.3 is 5.32 Å². The largest absolute Gasteiger partial charge is 0.314 e. The number of halogens is 2. The van der Waals surface area contributed by atoms with Crippen molar-refractivity contribution in [1.29, 1.82) is 0 Å². The van der Waals surface area contributed by atoms with Crippen molar-refractivity contribution in [2.24, 2.45) is 0 Å². The predicted molar refractivity (Wildman–Crippen MR) is 129 cm³/mol. The van der Waals surface area contributed by atoms with Crippen LogP contribution in [-0.2, 0) is 5.54 Å². The summed E-state index contributed by atoms with van der Waals surface area (Å²) in [6.07, 6.45) is 10.2. The molecule has 1 atom stereocenters. The van der Waals surface area contributed by atoms with Gasteiger partial charge in [-0.25, -0.2) is 0 Å².